The van der Waals surface area contributed by atoms with Crippen LogP contribution in [0.4, 0.5) is 4.79 Å². The molecule has 34 heavy (non-hydrogen) atoms. The number of piperidine rings is 1. The molecule has 176 valence electrons. The minimum Gasteiger partial charge on any atom is -0.422 e. The lowest BCUT2D eigenvalue weighted by molar-refractivity contribution is -0.125. The van der Waals surface area contributed by atoms with Crippen LogP contribution in [0.25, 0.3) is 11.2 Å². The van der Waals surface area contributed by atoms with E-state index in [9.17, 15) is 14.4 Å². The number of rotatable bonds is 4. The molecule has 0 spiro atoms. The molecule has 2 saturated heterocycles. The van der Waals surface area contributed by atoms with Crippen LogP contribution < -0.4 is 10.6 Å². The number of imide groups is 1. The molecule has 0 radical (unpaired) electrons. The lowest BCUT2D eigenvalue weighted by Crippen LogP contribution is -2.48. The van der Waals surface area contributed by atoms with Gasteiger partial charge in [0.15, 0.2) is 0 Å². The van der Waals surface area contributed by atoms with Crippen molar-refractivity contribution in [2.45, 2.75) is 45.1 Å². The van der Waals surface area contributed by atoms with Crippen molar-refractivity contribution in [2.75, 3.05) is 13.1 Å². The third-order valence-corrected chi connectivity index (χ3v) is 6.89. The third-order valence-electron chi connectivity index (χ3n) is 6.89. The van der Waals surface area contributed by atoms with Crippen LogP contribution in [-0.4, -0.2) is 45.8 Å². The van der Waals surface area contributed by atoms with Crippen molar-refractivity contribution < 1.29 is 18.8 Å². The van der Waals surface area contributed by atoms with Crippen molar-refractivity contribution >= 4 is 29.1 Å². The molecule has 0 saturated carbocycles. The summed E-state index contributed by atoms with van der Waals surface area (Å²) >= 11 is 0. The number of pyridine rings is 1. The van der Waals surface area contributed by atoms with Crippen LogP contribution in [0.5, 0.6) is 0 Å². The van der Waals surface area contributed by atoms with Crippen LogP contribution >= 0.6 is 0 Å². The number of nitrogens with one attached hydrogen (secondary N) is 2. The molecule has 3 aromatic rings. The summed E-state index contributed by atoms with van der Waals surface area (Å²) in [5.74, 6) is 0.235. The molecule has 0 aliphatic carbocycles. The van der Waals surface area contributed by atoms with Gasteiger partial charge < -0.3 is 14.6 Å². The summed E-state index contributed by atoms with van der Waals surface area (Å²) in [6.45, 7) is 6.88. The first-order chi connectivity index (χ1) is 16.3. The molecular formula is C25H27N5O4. The highest BCUT2D eigenvalue weighted by molar-refractivity contribution is 6.07. The number of carbonyl (C=O) groups is 3. The Morgan fingerprint density at radius 3 is 2.41 bits per heavy atom. The molecule has 4 amide bonds. The van der Waals surface area contributed by atoms with E-state index < -0.39 is 11.6 Å². The molecule has 9 heteroatoms. The van der Waals surface area contributed by atoms with Crippen molar-refractivity contribution in [2.24, 2.45) is 5.92 Å². The van der Waals surface area contributed by atoms with Crippen LogP contribution in [-0.2, 0) is 10.3 Å². The Morgan fingerprint density at radius 2 is 1.79 bits per heavy atom. The second-order valence-corrected chi connectivity index (χ2v) is 9.34. The third kappa shape index (κ3) is 3.61. The van der Waals surface area contributed by atoms with Gasteiger partial charge in [-0.3, -0.25) is 14.9 Å². The van der Waals surface area contributed by atoms with Gasteiger partial charge in [-0.05, 0) is 55.5 Å². The predicted molar refractivity (Wildman–Crippen MR) is 124 cm³/mol. The highest BCUT2D eigenvalue weighted by Gasteiger charge is 2.50. The van der Waals surface area contributed by atoms with Crippen LogP contribution in [0.3, 0.4) is 0 Å². The molecule has 0 bridgehead atoms. The maximum absolute atomic E-state index is 13.1. The maximum Gasteiger partial charge on any atom is 0.322 e. The first-order valence-corrected chi connectivity index (χ1v) is 11.6. The molecule has 1 unspecified atom stereocenters. The fourth-order valence-corrected chi connectivity index (χ4v) is 4.90. The van der Waals surface area contributed by atoms with E-state index >= 15 is 0 Å². The maximum atomic E-state index is 13.1. The molecule has 2 aliphatic heterocycles. The van der Waals surface area contributed by atoms with Crippen molar-refractivity contribution in [3.8, 4) is 0 Å². The quantitative estimate of drug-likeness (QED) is 0.576. The predicted octanol–water partition coefficient (Wildman–Crippen LogP) is 3.24. The summed E-state index contributed by atoms with van der Waals surface area (Å²) in [7, 11) is 0. The van der Waals surface area contributed by atoms with E-state index in [1.54, 1.807) is 24.3 Å². The molecule has 9 nitrogen and oxygen atoms in total. The lowest BCUT2D eigenvalue weighted by atomic mass is 9.79. The number of amides is 4. The van der Waals surface area contributed by atoms with Gasteiger partial charge in [-0.25, -0.2) is 14.8 Å². The smallest absolute Gasteiger partial charge is 0.322 e. The largest absolute Gasteiger partial charge is 0.422 e. The Balaban J connectivity index is 1.27. The molecule has 2 aliphatic rings. The Bertz CT molecular complexity index is 1270. The zero-order valence-electron chi connectivity index (χ0n) is 19.4. The van der Waals surface area contributed by atoms with Crippen molar-refractivity contribution in [1.29, 1.82) is 0 Å². The first-order valence-electron chi connectivity index (χ1n) is 11.6. The number of carbonyl (C=O) groups excluding carboxylic acids is 3. The number of nitrogens with zero attached hydrogens (tertiary/aromatic N) is 3. The fraction of sp³-hybridized carbons (Fsp3) is 0.400. The van der Waals surface area contributed by atoms with E-state index in [2.05, 4.69) is 20.6 Å². The van der Waals surface area contributed by atoms with Gasteiger partial charge in [-0.2, -0.15) is 0 Å². The van der Waals surface area contributed by atoms with E-state index in [0.29, 0.717) is 35.8 Å². The monoisotopic (exact) mass is 461 g/mol. The second-order valence-electron chi connectivity index (χ2n) is 9.34. The van der Waals surface area contributed by atoms with Crippen LogP contribution in [0, 0.1) is 12.8 Å². The number of hydrogen-bond acceptors (Lipinski definition) is 6. The molecular weight excluding hydrogens is 434 g/mol. The van der Waals surface area contributed by atoms with Crippen LogP contribution in [0.2, 0.25) is 0 Å². The highest BCUT2D eigenvalue weighted by atomic mass is 16.4. The van der Waals surface area contributed by atoms with Gasteiger partial charge in [0.1, 0.15) is 11.1 Å². The number of aromatic nitrogens is 2. The van der Waals surface area contributed by atoms with Gasteiger partial charge in [0.05, 0.1) is 0 Å². The number of likely N-dealkylation sites (tertiary alicyclic amines) is 1. The standard InChI is InChI=1S/C25H27N5O4/c1-14(2)25(23(32)28-24(33)29-25)18-7-5-17(6-8-18)22(31)30-12-10-16(11-13-30)20-27-19-9-4-15(3)26-21(19)34-20/h4-9,14,16H,10-13H2,1-3H3,(H2,28,29,32,33). The number of aryl methyl sites for hydroxylation is 1. The summed E-state index contributed by atoms with van der Waals surface area (Å²) in [5.41, 5.74) is 2.26. The van der Waals surface area contributed by atoms with Crippen LogP contribution in [0.15, 0.2) is 40.8 Å². The van der Waals surface area contributed by atoms with Gasteiger partial charge in [0.2, 0.25) is 11.6 Å². The summed E-state index contributed by atoms with van der Waals surface area (Å²) in [6.07, 6.45) is 1.52. The number of urea groups is 1. The van der Waals surface area contributed by atoms with E-state index in [4.69, 9.17) is 4.42 Å². The molecule has 4 heterocycles. The Hall–Kier alpha value is -3.75. The van der Waals surface area contributed by atoms with Gasteiger partial charge in [0.25, 0.3) is 11.8 Å². The Kier molecular flexibility index (Phi) is 5.34. The van der Waals surface area contributed by atoms with Gasteiger partial charge in [-0.15, -0.1) is 0 Å². The fourth-order valence-electron chi connectivity index (χ4n) is 4.90. The minimum atomic E-state index is -1.13. The number of oxazole rings is 1. The van der Waals surface area contributed by atoms with Crippen molar-refractivity contribution in [3.63, 3.8) is 0 Å². The highest BCUT2D eigenvalue weighted by Crippen LogP contribution is 2.34. The van der Waals surface area contributed by atoms with E-state index in [1.807, 2.05) is 37.8 Å². The van der Waals surface area contributed by atoms with Gasteiger partial charge in [-0.1, -0.05) is 26.0 Å². The second kappa shape index (κ2) is 8.23. The Morgan fingerprint density at radius 1 is 1.09 bits per heavy atom. The topological polar surface area (TPSA) is 117 Å². The normalized spacial score (nSPS) is 21.2. The van der Waals surface area contributed by atoms with Crippen molar-refractivity contribution in [3.05, 3.63) is 59.1 Å². The van der Waals surface area contributed by atoms with Gasteiger partial charge in [0, 0.05) is 30.3 Å². The molecule has 2 N–H and O–H groups in total. The summed E-state index contributed by atoms with van der Waals surface area (Å²) < 4.78 is 5.89. The molecule has 2 fully saturated rings. The summed E-state index contributed by atoms with van der Waals surface area (Å²) in [5, 5.41) is 5.09. The van der Waals surface area contributed by atoms with Crippen molar-refractivity contribution in [1.82, 2.24) is 25.5 Å². The SMILES string of the molecule is Cc1ccc2nc(C3CCN(C(=O)c4ccc(C5(C(C)C)NC(=O)NC5=O)cc4)CC3)oc2n1. The van der Waals surface area contributed by atoms with Crippen LogP contribution in [0.1, 0.15) is 60.1 Å². The lowest BCUT2D eigenvalue weighted by Gasteiger charge is -2.32. The molecule has 1 aromatic carbocycles. The molecule has 1 atom stereocenters. The zero-order chi connectivity index (χ0) is 24.0. The number of hydrogen-bond donors (Lipinski definition) is 2. The van der Waals surface area contributed by atoms with E-state index in [-0.39, 0.29) is 23.7 Å². The van der Waals surface area contributed by atoms with E-state index in [1.165, 1.54) is 0 Å². The number of fused-ring (bicyclic) bond motifs is 1. The van der Waals surface area contributed by atoms with Gasteiger partial charge >= 0.3 is 6.03 Å². The summed E-state index contributed by atoms with van der Waals surface area (Å²) in [4.78, 5) is 48.3. The van der Waals surface area contributed by atoms with E-state index in [0.717, 1.165) is 24.1 Å². The Labute approximate surface area is 196 Å². The molecule has 5 rings (SSSR count). The minimum absolute atomic E-state index is 0.0571. The average Bonchev–Trinajstić information content (AvgIpc) is 3.39. The first kappa shape index (κ1) is 22.1. The zero-order valence-corrected chi connectivity index (χ0v) is 19.4. The summed E-state index contributed by atoms with van der Waals surface area (Å²) in [6, 6.07) is 10.3. The number of benzene rings is 1. The molecule has 2 aromatic heterocycles. The average molecular weight is 462 g/mol.